The van der Waals surface area contributed by atoms with Crippen molar-refractivity contribution >= 4 is 17.9 Å². The smallest absolute Gasteiger partial charge is 0.306 e. The van der Waals surface area contributed by atoms with E-state index in [9.17, 15) is 14.4 Å². The van der Waals surface area contributed by atoms with Crippen LogP contribution in [0.3, 0.4) is 0 Å². The van der Waals surface area contributed by atoms with Crippen LogP contribution in [-0.2, 0) is 28.6 Å². The predicted octanol–water partition coefficient (Wildman–Crippen LogP) is 18.3. The van der Waals surface area contributed by atoms with E-state index in [-0.39, 0.29) is 31.1 Å². The number of hydrogen-bond donors (Lipinski definition) is 0. The van der Waals surface area contributed by atoms with E-state index >= 15 is 0 Å². The SMILES string of the molecule is CC/C=C\C/C=C\CCCCC(=O)OCC(COC(=O)CCCCCCCCCCCCCCCCCCCCC)OC(=O)CCCCCCCCCCCCCCCCCCC. The maximum atomic E-state index is 12.8. The molecule has 0 heterocycles. The molecular weight excluding hydrogens is 781 g/mol. The van der Waals surface area contributed by atoms with Gasteiger partial charge in [-0.05, 0) is 44.9 Å². The Bertz CT molecular complexity index is 1020. The molecule has 0 aliphatic heterocycles. The summed E-state index contributed by atoms with van der Waals surface area (Å²) in [6.45, 7) is 6.53. The van der Waals surface area contributed by atoms with E-state index in [0.29, 0.717) is 19.3 Å². The molecule has 0 amide bonds. The van der Waals surface area contributed by atoms with Gasteiger partial charge >= 0.3 is 17.9 Å². The first-order chi connectivity index (χ1) is 31.0. The number of ether oxygens (including phenoxy) is 3. The van der Waals surface area contributed by atoms with E-state index in [0.717, 1.165) is 70.6 Å². The van der Waals surface area contributed by atoms with Crippen LogP contribution in [0.25, 0.3) is 0 Å². The largest absolute Gasteiger partial charge is 0.462 e. The molecule has 0 N–H and O–H groups in total. The summed E-state index contributed by atoms with van der Waals surface area (Å²) < 4.78 is 16.8. The van der Waals surface area contributed by atoms with Crippen LogP contribution in [0.2, 0.25) is 0 Å². The highest BCUT2D eigenvalue weighted by atomic mass is 16.6. The lowest BCUT2D eigenvalue weighted by Gasteiger charge is -2.18. The number of carbonyl (C=O) groups excluding carboxylic acids is 3. The van der Waals surface area contributed by atoms with Gasteiger partial charge in [0.2, 0.25) is 0 Å². The van der Waals surface area contributed by atoms with Crippen LogP contribution in [0.15, 0.2) is 24.3 Å². The number of rotatable bonds is 51. The molecule has 1 unspecified atom stereocenters. The molecule has 6 heteroatoms. The van der Waals surface area contributed by atoms with Gasteiger partial charge in [0.05, 0.1) is 0 Å². The molecule has 6 nitrogen and oxygen atoms in total. The summed E-state index contributed by atoms with van der Waals surface area (Å²) in [6, 6.07) is 0. The topological polar surface area (TPSA) is 78.9 Å². The van der Waals surface area contributed by atoms with Gasteiger partial charge in [-0.3, -0.25) is 14.4 Å². The first-order valence-electron chi connectivity index (χ1n) is 27.8. The van der Waals surface area contributed by atoms with Gasteiger partial charge in [0, 0.05) is 19.3 Å². The van der Waals surface area contributed by atoms with E-state index in [1.165, 1.54) is 193 Å². The van der Waals surface area contributed by atoms with Gasteiger partial charge in [0.1, 0.15) is 13.2 Å². The van der Waals surface area contributed by atoms with Crippen LogP contribution in [0.4, 0.5) is 0 Å². The van der Waals surface area contributed by atoms with Gasteiger partial charge in [-0.15, -0.1) is 0 Å². The normalized spacial score (nSPS) is 12.1. The van der Waals surface area contributed by atoms with Crippen LogP contribution in [0.5, 0.6) is 0 Å². The zero-order valence-corrected chi connectivity index (χ0v) is 42.4. The highest BCUT2D eigenvalue weighted by Gasteiger charge is 2.19. The van der Waals surface area contributed by atoms with Crippen LogP contribution >= 0.6 is 0 Å². The zero-order valence-electron chi connectivity index (χ0n) is 42.4. The summed E-state index contributed by atoms with van der Waals surface area (Å²) in [5, 5.41) is 0. The van der Waals surface area contributed by atoms with Crippen molar-refractivity contribution in [1.29, 1.82) is 0 Å². The van der Waals surface area contributed by atoms with Gasteiger partial charge in [-0.25, -0.2) is 0 Å². The van der Waals surface area contributed by atoms with Crippen molar-refractivity contribution in [3.8, 4) is 0 Å². The maximum Gasteiger partial charge on any atom is 0.306 e. The lowest BCUT2D eigenvalue weighted by Crippen LogP contribution is -2.30. The summed E-state index contributed by atoms with van der Waals surface area (Å²) in [7, 11) is 0. The summed E-state index contributed by atoms with van der Waals surface area (Å²) in [5.74, 6) is -0.896. The monoisotopic (exact) mass is 887 g/mol. The third kappa shape index (κ3) is 50.7. The molecule has 0 spiro atoms. The van der Waals surface area contributed by atoms with E-state index in [2.05, 4.69) is 45.1 Å². The fourth-order valence-electron chi connectivity index (χ4n) is 8.31. The number of unbranched alkanes of at least 4 members (excludes halogenated alkanes) is 36. The zero-order chi connectivity index (χ0) is 45.8. The molecule has 0 aromatic rings. The predicted molar refractivity (Wildman–Crippen MR) is 270 cm³/mol. The molecule has 370 valence electrons. The second kappa shape index (κ2) is 52.5. The van der Waals surface area contributed by atoms with E-state index in [1.807, 2.05) is 0 Å². The summed E-state index contributed by atoms with van der Waals surface area (Å²) in [4.78, 5) is 38.0. The molecule has 0 aromatic heterocycles. The van der Waals surface area contributed by atoms with Gasteiger partial charge in [0.25, 0.3) is 0 Å². The minimum Gasteiger partial charge on any atom is -0.462 e. The minimum absolute atomic E-state index is 0.0761. The van der Waals surface area contributed by atoms with Crippen molar-refractivity contribution in [2.45, 2.75) is 309 Å². The Hall–Kier alpha value is -2.11. The molecule has 1 atom stereocenters. The Morgan fingerprint density at radius 3 is 0.952 bits per heavy atom. The van der Waals surface area contributed by atoms with Crippen LogP contribution in [0, 0.1) is 0 Å². The van der Waals surface area contributed by atoms with Gasteiger partial charge in [-0.2, -0.15) is 0 Å². The minimum atomic E-state index is -0.777. The molecule has 0 fully saturated rings. The van der Waals surface area contributed by atoms with Gasteiger partial charge < -0.3 is 14.2 Å². The van der Waals surface area contributed by atoms with E-state index < -0.39 is 6.10 Å². The fourth-order valence-corrected chi connectivity index (χ4v) is 8.31. The molecule has 0 saturated carbocycles. The van der Waals surface area contributed by atoms with Crippen LogP contribution < -0.4 is 0 Å². The Morgan fingerprint density at radius 1 is 0.333 bits per heavy atom. The average molecular weight is 887 g/mol. The van der Waals surface area contributed by atoms with Crippen molar-refractivity contribution in [3.63, 3.8) is 0 Å². The fraction of sp³-hybridized carbons (Fsp3) is 0.877. The van der Waals surface area contributed by atoms with Gasteiger partial charge in [0.15, 0.2) is 6.10 Å². The molecule has 0 radical (unpaired) electrons. The van der Waals surface area contributed by atoms with Crippen LogP contribution in [0.1, 0.15) is 303 Å². The third-order valence-electron chi connectivity index (χ3n) is 12.5. The molecule has 0 saturated heterocycles. The maximum absolute atomic E-state index is 12.8. The van der Waals surface area contributed by atoms with Crippen molar-refractivity contribution in [3.05, 3.63) is 24.3 Å². The standard InChI is InChI=1S/C57H106O6/c1-4-7-10-13-16-19-21-23-25-27-28-30-31-33-35-38-41-44-47-50-56(59)62-53-54(52-61-55(58)49-46-43-40-37-18-15-12-9-6-3)63-57(60)51-48-45-42-39-36-34-32-29-26-24-22-20-17-14-11-8-5-2/h9,12,18,37,54H,4-8,10-11,13-17,19-36,38-53H2,1-3H3/b12-9-,37-18-. The second-order valence-corrected chi connectivity index (χ2v) is 18.8. The summed E-state index contributed by atoms with van der Waals surface area (Å²) in [5.41, 5.74) is 0. The van der Waals surface area contributed by atoms with Crippen LogP contribution in [-0.4, -0.2) is 37.2 Å². The quantitative estimate of drug-likeness (QED) is 0.0262. The molecule has 0 bridgehead atoms. The van der Waals surface area contributed by atoms with Crippen molar-refractivity contribution < 1.29 is 28.6 Å². The Morgan fingerprint density at radius 2 is 0.619 bits per heavy atom. The van der Waals surface area contributed by atoms with E-state index in [1.54, 1.807) is 0 Å². The molecule has 0 aromatic carbocycles. The van der Waals surface area contributed by atoms with Gasteiger partial charge in [-0.1, -0.05) is 263 Å². The third-order valence-corrected chi connectivity index (χ3v) is 12.5. The highest BCUT2D eigenvalue weighted by molar-refractivity contribution is 5.71. The molecular formula is C57H106O6. The first-order valence-corrected chi connectivity index (χ1v) is 27.8. The Kier molecular flexibility index (Phi) is 50.8. The van der Waals surface area contributed by atoms with Crippen molar-refractivity contribution in [2.24, 2.45) is 0 Å². The molecule has 0 aliphatic carbocycles. The summed E-state index contributed by atoms with van der Waals surface area (Å²) >= 11 is 0. The Balaban J connectivity index is 4.23. The van der Waals surface area contributed by atoms with E-state index in [4.69, 9.17) is 14.2 Å². The molecule has 63 heavy (non-hydrogen) atoms. The van der Waals surface area contributed by atoms with Crippen molar-refractivity contribution in [1.82, 2.24) is 0 Å². The number of allylic oxidation sites excluding steroid dienone is 4. The second-order valence-electron chi connectivity index (χ2n) is 18.8. The Labute approximate surface area is 392 Å². The lowest BCUT2D eigenvalue weighted by atomic mass is 10.0. The number of hydrogen-bond acceptors (Lipinski definition) is 6. The number of carbonyl (C=O) groups is 3. The number of esters is 3. The summed E-state index contributed by atoms with van der Waals surface area (Å²) in [6.07, 6.45) is 60.5. The lowest BCUT2D eigenvalue weighted by molar-refractivity contribution is -0.167. The molecule has 0 rings (SSSR count). The molecule has 0 aliphatic rings. The highest BCUT2D eigenvalue weighted by Crippen LogP contribution is 2.17. The average Bonchev–Trinajstić information content (AvgIpc) is 3.28. The van der Waals surface area contributed by atoms with Crippen molar-refractivity contribution in [2.75, 3.05) is 13.2 Å². The first kappa shape index (κ1) is 60.9.